The Morgan fingerprint density at radius 3 is 2.59 bits per heavy atom. The van der Waals surface area contributed by atoms with Gasteiger partial charge in [-0.2, -0.15) is 5.26 Å². The zero-order valence-electron chi connectivity index (χ0n) is 17.1. The number of piperidine rings is 1. The molecule has 0 spiro atoms. The van der Waals surface area contributed by atoms with Gasteiger partial charge in [0.05, 0.1) is 22.1 Å². The van der Waals surface area contributed by atoms with E-state index in [0.717, 1.165) is 5.56 Å². The molecule has 8 nitrogen and oxygen atoms in total. The van der Waals surface area contributed by atoms with Crippen LogP contribution in [0.1, 0.15) is 24.0 Å². The summed E-state index contributed by atoms with van der Waals surface area (Å²) in [4.78, 5) is 29.7. The minimum atomic E-state index is -0.500. The second-order valence-corrected chi connectivity index (χ2v) is 7.70. The lowest BCUT2D eigenvalue weighted by Crippen LogP contribution is -2.40. The van der Waals surface area contributed by atoms with E-state index in [1.165, 1.54) is 24.3 Å². The Kier molecular flexibility index (Phi) is 5.94. The molecule has 1 aliphatic heterocycles. The number of rotatable bonds is 5. The normalized spacial score (nSPS) is 14.2. The zero-order valence-corrected chi connectivity index (χ0v) is 17.1. The van der Waals surface area contributed by atoms with Crippen LogP contribution in [0.5, 0.6) is 0 Å². The van der Waals surface area contributed by atoms with Crippen molar-refractivity contribution in [2.24, 2.45) is 5.92 Å². The molecule has 2 aromatic carbocycles. The number of hydrogen-bond donors (Lipinski definition) is 1. The second-order valence-electron chi connectivity index (χ2n) is 7.70. The van der Waals surface area contributed by atoms with E-state index < -0.39 is 4.92 Å². The van der Waals surface area contributed by atoms with Gasteiger partial charge in [-0.25, -0.2) is 9.37 Å². The minimum Gasteiger partial charge on any atom is -0.357 e. The summed E-state index contributed by atoms with van der Waals surface area (Å²) in [6.07, 6.45) is 1.27. The van der Waals surface area contributed by atoms with Crippen LogP contribution in [0.25, 0.3) is 10.9 Å². The summed E-state index contributed by atoms with van der Waals surface area (Å²) in [6.45, 7) is 1.55. The molecule has 1 aliphatic rings. The van der Waals surface area contributed by atoms with Gasteiger partial charge in [0.1, 0.15) is 11.6 Å². The number of hydrogen-bond acceptors (Lipinski definition) is 6. The van der Waals surface area contributed by atoms with Crippen molar-refractivity contribution in [2.75, 3.05) is 18.0 Å². The number of fused-ring (bicyclic) bond motifs is 1. The summed E-state index contributed by atoms with van der Waals surface area (Å²) < 4.78 is 13.0. The number of aromatic nitrogens is 1. The van der Waals surface area contributed by atoms with Crippen molar-refractivity contribution in [3.8, 4) is 6.07 Å². The van der Waals surface area contributed by atoms with Gasteiger partial charge >= 0.3 is 0 Å². The molecule has 9 heteroatoms. The van der Waals surface area contributed by atoms with Crippen molar-refractivity contribution < 1.29 is 14.1 Å². The van der Waals surface area contributed by atoms with Crippen molar-refractivity contribution in [1.82, 2.24) is 10.3 Å². The molecule has 1 saturated heterocycles. The number of nitriles is 1. The number of nitro groups is 1. The lowest BCUT2D eigenvalue weighted by Gasteiger charge is -2.32. The Balaban J connectivity index is 1.41. The molecule has 2 heterocycles. The number of nitro benzene ring substituents is 1. The number of carbonyl (C=O) groups is 1. The molecule has 162 valence electrons. The number of nitrogens with one attached hydrogen (secondary N) is 1. The smallest absolute Gasteiger partial charge is 0.270 e. The van der Waals surface area contributed by atoms with E-state index in [1.54, 1.807) is 24.3 Å². The quantitative estimate of drug-likeness (QED) is 0.485. The van der Waals surface area contributed by atoms with Crippen LogP contribution in [-0.4, -0.2) is 28.9 Å². The molecule has 0 unspecified atom stereocenters. The van der Waals surface area contributed by atoms with E-state index in [0.29, 0.717) is 54.8 Å². The minimum absolute atomic E-state index is 0.0366. The van der Waals surface area contributed by atoms with Gasteiger partial charge in [-0.15, -0.1) is 0 Å². The van der Waals surface area contributed by atoms with E-state index in [1.807, 2.05) is 4.90 Å². The summed E-state index contributed by atoms with van der Waals surface area (Å²) in [5.41, 5.74) is 1.59. The van der Waals surface area contributed by atoms with Crippen LogP contribution in [0.3, 0.4) is 0 Å². The molecule has 32 heavy (non-hydrogen) atoms. The van der Waals surface area contributed by atoms with Gasteiger partial charge in [0.15, 0.2) is 0 Å². The van der Waals surface area contributed by atoms with Gasteiger partial charge in [-0.3, -0.25) is 14.9 Å². The van der Waals surface area contributed by atoms with E-state index in [2.05, 4.69) is 16.4 Å². The fourth-order valence-corrected chi connectivity index (χ4v) is 3.87. The van der Waals surface area contributed by atoms with Crippen LogP contribution in [-0.2, 0) is 11.3 Å². The maximum absolute atomic E-state index is 13.0. The van der Waals surface area contributed by atoms with Crippen LogP contribution in [0, 0.1) is 33.2 Å². The highest BCUT2D eigenvalue weighted by Gasteiger charge is 2.26. The van der Waals surface area contributed by atoms with Crippen molar-refractivity contribution in [1.29, 1.82) is 5.26 Å². The van der Waals surface area contributed by atoms with E-state index in [9.17, 15) is 24.6 Å². The third-order valence-corrected chi connectivity index (χ3v) is 5.68. The molecule has 1 aromatic heterocycles. The Morgan fingerprint density at radius 1 is 1.22 bits per heavy atom. The third-order valence-electron chi connectivity index (χ3n) is 5.68. The Bertz CT molecular complexity index is 1210. The molecule has 4 rings (SSSR count). The molecule has 1 N–H and O–H groups in total. The molecule has 0 aliphatic carbocycles. The number of nitrogens with zero attached hydrogens (tertiary/aromatic N) is 4. The van der Waals surface area contributed by atoms with Gasteiger partial charge in [0.25, 0.3) is 5.69 Å². The van der Waals surface area contributed by atoms with E-state index in [-0.39, 0.29) is 23.3 Å². The summed E-state index contributed by atoms with van der Waals surface area (Å²) in [6, 6.07) is 14.0. The topological polar surface area (TPSA) is 112 Å². The van der Waals surface area contributed by atoms with Gasteiger partial charge in [0, 0.05) is 43.1 Å². The zero-order chi connectivity index (χ0) is 22.7. The standard InChI is InChI=1S/C23H20FN5O3/c24-18-3-1-15(2-4-18)14-26-23(30)16-7-9-28(10-8-16)22-11-17(13-25)20-12-19(29(31)32)5-6-21(20)27-22/h1-6,11-12,16H,7-10,14H2,(H,26,30). The lowest BCUT2D eigenvalue weighted by atomic mass is 9.95. The van der Waals surface area contributed by atoms with Gasteiger partial charge in [-0.05, 0) is 42.7 Å². The van der Waals surface area contributed by atoms with Crippen molar-refractivity contribution in [3.05, 3.63) is 75.6 Å². The molecular weight excluding hydrogens is 413 g/mol. The Morgan fingerprint density at radius 2 is 1.94 bits per heavy atom. The number of halogens is 1. The largest absolute Gasteiger partial charge is 0.357 e. The average molecular weight is 433 g/mol. The van der Waals surface area contributed by atoms with Crippen LogP contribution < -0.4 is 10.2 Å². The summed E-state index contributed by atoms with van der Waals surface area (Å²) >= 11 is 0. The predicted molar refractivity (Wildman–Crippen MR) is 116 cm³/mol. The molecular formula is C23H20FN5O3. The number of non-ortho nitro benzene ring substituents is 1. The highest BCUT2D eigenvalue weighted by molar-refractivity contribution is 5.88. The van der Waals surface area contributed by atoms with Crippen LogP contribution in [0.15, 0.2) is 48.5 Å². The fourth-order valence-electron chi connectivity index (χ4n) is 3.87. The number of pyridine rings is 1. The Hall–Kier alpha value is -4.06. The van der Waals surface area contributed by atoms with E-state index in [4.69, 9.17) is 0 Å². The highest BCUT2D eigenvalue weighted by atomic mass is 19.1. The van der Waals surface area contributed by atoms with Crippen molar-refractivity contribution >= 4 is 28.3 Å². The van der Waals surface area contributed by atoms with E-state index >= 15 is 0 Å². The third kappa shape index (κ3) is 4.49. The lowest BCUT2D eigenvalue weighted by molar-refractivity contribution is -0.384. The first kappa shape index (κ1) is 21.2. The molecule has 1 amide bonds. The molecule has 0 radical (unpaired) electrons. The monoisotopic (exact) mass is 433 g/mol. The number of benzene rings is 2. The van der Waals surface area contributed by atoms with Crippen LogP contribution >= 0.6 is 0 Å². The van der Waals surface area contributed by atoms with Crippen molar-refractivity contribution in [3.63, 3.8) is 0 Å². The van der Waals surface area contributed by atoms with Crippen LogP contribution in [0.2, 0.25) is 0 Å². The van der Waals surface area contributed by atoms with Gasteiger partial charge in [0.2, 0.25) is 5.91 Å². The first-order valence-corrected chi connectivity index (χ1v) is 10.2. The SMILES string of the molecule is N#Cc1cc(N2CCC(C(=O)NCc3ccc(F)cc3)CC2)nc2ccc([N+](=O)[O-])cc12. The number of anilines is 1. The van der Waals surface area contributed by atoms with Gasteiger partial charge in [-0.1, -0.05) is 12.1 Å². The molecule has 3 aromatic rings. The summed E-state index contributed by atoms with van der Waals surface area (Å²) in [5, 5.41) is 23.9. The summed E-state index contributed by atoms with van der Waals surface area (Å²) in [5.74, 6) is 0.135. The molecule has 1 fully saturated rings. The second kappa shape index (κ2) is 8.98. The first-order chi connectivity index (χ1) is 15.4. The molecule has 0 saturated carbocycles. The molecule has 0 atom stereocenters. The Labute approximate surface area is 183 Å². The maximum atomic E-state index is 13.0. The first-order valence-electron chi connectivity index (χ1n) is 10.2. The van der Waals surface area contributed by atoms with Crippen molar-refractivity contribution in [2.45, 2.75) is 19.4 Å². The highest BCUT2D eigenvalue weighted by Crippen LogP contribution is 2.28. The number of amides is 1. The predicted octanol–water partition coefficient (Wildman–Crippen LogP) is 3.69. The maximum Gasteiger partial charge on any atom is 0.270 e. The van der Waals surface area contributed by atoms with Gasteiger partial charge < -0.3 is 10.2 Å². The fraction of sp³-hybridized carbons (Fsp3) is 0.261. The molecule has 0 bridgehead atoms. The summed E-state index contributed by atoms with van der Waals surface area (Å²) in [7, 11) is 0. The average Bonchev–Trinajstić information content (AvgIpc) is 2.82. The number of carbonyl (C=O) groups excluding carboxylic acids is 1. The van der Waals surface area contributed by atoms with Crippen LogP contribution in [0.4, 0.5) is 15.9 Å².